The maximum absolute atomic E-state index is 13.7. The number of aliphatic hydroxyl groups is 1. The number of nitriles is 1. The molecule has 1 aromatic rings. The molecule has 0 bridgehead atoms. The molecule has 5 heteroatoms. The summed E-state index contributed by atoms with van der Waals surface area (Å²) in [5, 5.41) is 19.1. The molecule has 1 aliphatic rings. The summed E-state index contributed by atoms with van der Waals surface area (Å²) in [5.74, 6) is -1.60. The molecule has 1 saturated heterocycles. The first kappa shape index (κ1) is 14.7. The Morgan fingerprint density at radius 2 is 1.95 bits per heavy atom. The molecular formula is C15H18F2N2O. The third-order valence-electron chi connectivity index (χ3n) is 3.93. The van der Waals surface area contributed by atoms with Crippen molar-refractivity contribution < 1.29 is 13.9 Å². The van der Waals surface area contributed by atoms with E-state index in [-0.39, 0.29) is 12.0 Å². The maximum Gasteiger partial charge on any atom is 0.146 e. The van der Waals surface area contributed by atoms with Crippen LogP contribution in [0.5, 0.6) is 0 Å². The van der Waals surface area contributed by atoms with Crippen LogP contribution in [-0.4, -0.2) is 23.3 Å². The minimum Gasteiger partial charge on any atom is -0.388 e. The minimum atomic E-state index is -0.894. The number of benzene rings is 1. The van der Waals surface area contributed by atoms with Gasteiger partial charge in [-0.1, -0.05) is 13.8 Å². The lowest BCUT2D eigenvalue weighted by atomic mass is 9.88. The van der Waals surface area contributed by atoms with Crippen LogP contribution in [0.1, 0.15) is 32.8 Å². The van der Waals surface area contributed by atoms with Gasteiger partial charge in [-0.25, -0.2) is 8.78 Å². The minimum absolute atomic E-state index is 0.134. The molecule has 3 nitrogen and oxygen atoms in total. The number of hydrogen-bond donors (Lipinski definition) is 1. The standard InChI is InChI=1S/C15H18F2N2O/c1-9(2)14-15(3,20)4-5-19(14)10-6-12(16)11(8-18)13(17)7-10/h6-7,9,14,20H,4-5H2,1-3H3/t14-,15?/m0/s1. The number of nitrogens with zero attached hydrogens (tertiary/aromatic N) is 2. The highest BCUT2D eigenvalue weighted by Crippen LogP contribution is 2.37. The van der Waals surface area contributed by atoms with Gasteiger partial charge in [-0.2, -0.15) is 5.26 Å². The van der Waals surface area contributed by atoms with Crippen LogP contribution in [0, 0.1) is 28.9 Å². The second-order valence-electron chi connectivity index (χ2n) is 5.89. The fraction of sp³-hybridized carbons (Fsp3) is 0.533. The van der Waals surface area contributed by atoms with E-state index < -0.39 is 22.8 Å². The van der Waals surface area contributed by atoms with Gasteiger partial charge in [-0.3, -0.25) is 0 Å². The van der Waals surface area contributed by atoms with Gasteiger partial charge in [0.25, 0.3) is 0 Å². The van der Waals surface area contributed by atoms with E-state index in [1.165, 1.54) is 18.2 Å². The first-order chi connectivity index (χ1) is 9.27. The molecule has 0 spiro atoms. The third-order valence-corrected chi connectivity index (χ3v) is 3.93. The Hall–Kier alpha value is -1.67. The predicted molar refractivity (Wildman–Crippen MR) is 72.3 cm³/mol. The van der Waals surface area contributed by atoms with Crippen LogP contribution in [0.3, 0.4) is 0 Å². The van der Waals surface area contributed by atoms with Gasteiger partial charge in [0, 0.05) is 12.2 Å². The van der Waals surface area contributed by atoms with E-state index in [0.717, 1.165) is 0 Å². The average Bonchev–Trinajstić information content (AvgIpc) is 2.64. The molecule has 1 aliphatic heterocycles. The summed E-state index contributed by atoms with van der Waals surface area (Å²) in [7, 11) is 0. The van der Waals surface area contributed by atoms with Gasteiger partial charge < -0.3 is 10.0 Å². The molecule has 1 fully saturated rings. The lowest BCUT2D eigenvalue weighted by Gasteiger charge is -2.36. The van der Waals surface area contributed by atoms with Crippen LogP contribution in [0.25, 0.3) is 0 Å². The Balaban J connectivity index is 2.45. The van der Waals surface area contributed by atoms with Gasteiger partial charge in [0.1, 0.15) is 23.3 Å². The molecule has 108 valence electrons. The van der Waals surface area contributed by atoms with Crippen LogP contribution in [0.2, 0.25) is 0 Å². The van der Waals surface area contributed by atoms with E-state index >= 15 is 0 Å². The van der Waals surface area contributed by atoms with Gasteiger partial charge in [-0.15, -0.1) is 0 Å². The number of hydrogen-bond acceptors (Lipinski definition) is 3. The van der Waals surface area contributed by atoms with Crippen molar-refractivity contribution in [3.63, 3.8) is 0 Å². The Morgan fingerprint density at radius 3 is 2.40 bits per heavy atom. The normalized spacial score (nSPS) is 26.1. The molecule has 0 amide bonds. The number of rotatable bonds is 2. The smallest absolute Gasteiger partial charge is 0.146 e. The third kappa shape index (κ3) is 2.36. The van der Waals surface area contributed by atoms with Crippen LogP contribution in [0.4, 0.5) is 14.5 Å². The molecule has 0 radical (unpaired) electrons. The van der Waals surface area contributed by atoms with Crippen LogP contribution in [0.15, 0.2) is 12.1 Å². The summed E-state index contributed by atoms with van der Waals surface area (Å²) in [6.45, 7) is 6.20. The Labute approximate surface area is 117 Å². The van der Waals surface area contributed by atoms with Gasteiger partial charge in [0.05, 0.1) is 11.6 Å². The van der Waals surface area contributed by atoms with Crippen molar-refractivity contribution >= 4 is 5.69 Å². The highest BCUT2D eigenvalue weighted by atomic mass is 19.1. The van der Waals surface area contributed by atoms with Crippen molar-refractivity contribution in [2.24, 2.45) is 5.92 Å². The van der Waals surface area contributed by atoms with Gasteiger partial charge >= 0.3 is 0 Å². The van der Waals surface area contributed by atoms with Gasteiger partial charge in [0.15, 0.2) is 0 Å². The lowest BCUT2D eigenvalue weighted by molar-refractivity contribution is 0.0371. The van der Waals surface area contributed by atoms with Crippen molar-refractivity contribution in [2.75, 3.05) is 11.4 Å². The molecular weight excluding hydrogens is 262 g/mol. The second-order valence-corrected chi connectivity index (χ2v) is 5.89. The van der Waals surface area contributed by atoms with E-state index in [1.54, 1.807) is 6.92 Å². The number of halogens is 2. The first-order valence-electron chi connectivity index (χ1n) is 6.66. The second kappa shape index (κ2) is 5.02. The molecule has 1 aromatic carbocycles. The van der Waals surface area contributed by atoms with Crippen LogP contribution >= 0.6 is 0 Å². The van der Waals surface area contributed by atoms with E-state index in [0.29, 0.717) is 18.7 Å². The van der Waals surface area contributed by atoms with Crippen LogP contribution < -0.4 is 4.90 Å². The Kier molecular flexibility index (Phi) is 3.70. The van der Waals surface area contributed by atoms with Crippen LogP contribution in [-0.2, 0) is 0 Å². The van der Waals surface area contributed by atoms with E-state index in [1.807, 2.05) is 18.7 Å². The molecule has 0 aromatic heterocycles. The Bertz CT molecular complexity index is 540. The fourth-order valence-corrected chi connectivity index (χ4v) is 3.17. The molecule has 1 N–H and O–H groups in total. The van der Waals surface area contributed by atoms with Gasteiger partial charge in [0.2, 0.25) is 0 Å². The molecule has 2 atom stereocenters. The summed E-state index contributed by atoms with van der Waals surface area (Å²) in [4.78, 5) is 1.82. The Morgan fingerprint density at radius 1 is 1.40 bits per heavy atom. The molecule has 0 aliphatic carbocycles. The SMILES string of the molecule is CC(C)[C@@H]1N(c2cc(F)c(C#N)c(F)c2)CCC1(C)O. The molecule has 2 rings (SSSR count). The lowest BCUT2D eigenvalue weighted by Crippen LogP contribution is -2.46. The highest BCUT2D eigenvalue weighted by Gasteiger charge is 2.44. The van der Waals surface area contributed by atoms with E-state index in [9.17, 15) is 13.9 Å². The van der Waals surface area contributed by atoms with Crippen molar-refractivity contribution in [1.29, 1.82) is 5.26 Å². The zero-order valence-corrected chi connectivity index (χ0v) is 11.8. The highest BCUT2D eigenvalue weighted by molar-refractivity contribution is 5.53. The quantitative estimate of drug-likeness (QED) is 0.906. The summed E-state index contributed by atoms with van der Waals surface area (Å²) in [6.07, 6.45) is 0.541. The largest absolute Gasteiger partial charge is 0.388 e. The summed E-state index contributed by atoms with van der Waals surface area (Å²) in [5.41, 5.74) is -1.09. The molecule has 20 heavy (non-hydrogen) atoms. The summed E-state index contributed by atoms with van der Waals surface area (Å²) >= 11 is 0. The monoisotopic (exact) mass is 280 g/mol. The molecule has 0 saturated carbocycles. The zero-order valence-electron chi connectivity index (χ0n) is 11.8. The molecule has 1 unspecified atom stereocenters. The van der Waals surface area contributed by atoms with Crippen molar-refractivity contribution in [2.45, 2.75) is 38.8 Å². The maximum atomic E-state index is 13.7. The van der Waals surface area contributed by atoms with Crippen molar-refractivity contribution in [1.82, 2.24) is 0 Å². The number of anilines is 1. The predicted octanol–water partition coefficient (Wildman–Crippen LogP) is 2.82. The van der Waals surface area contributed by atoms with Crippen molar-refractivity contribution in [3.05, 3.63) is 29.3 Å². The zero-order chi connectivity index (χ0) is 15.1. The summed E-state index contributed by atoms with van der Waals surface area (Å²) < 4.78 is 27.5. The van der Waals surface area contributed by atoms with E-state index in [2.05, 4.69) is 0 Å². The van der Waals surface area contributed by atoms with Gasteiger partial charge in [-0.05, 0) is 31.4 Å². The molecule has 1 heterocycles. The van der Waals surface area contributed by atoms with E-state index in [4.69, 9.17) is 5.26 Å². The van der Waals surface area contributed by atoms with Crippen molar-refractivity contribution in [3.8, 4) is 6.07 Å². The average molecular weight is 280 g/mol. The first-order valence-corrected chi connectivity index (χ1v) is 6.66. The fourth-order valence-electron chi connectivity index (χ4n) is 3.17. The topological polar surface area (TPSA) is 47.3 Å². The summed E-state index contributed by atoms with van der Waals surface area (Å²) in [6, 6.07) is 3.63.